The van der Waals surface area contributed by atoms with Crippen molar-refractivity contribution in [1.29, 1.82) is 5.41 Å². The van der Waals surface area contributed by atoms with Crippen LogP contribution in [0.15, 0.2) is 48.5 Å². The molecule has 1 aliphatic heterocycles. The molecular formula is C27H34N4O3. The van der Waals surface area contributed by atoms with Gasteiger partial charge in [-0.2, -0.15) is 0 Å². The third-order valence-corrected chi connectivity index (χ3v) is 7.46. The molecule has 0 saturated carbocycles. The fourth-order valence-electron chi connectivity index (χ4n) is 5.29. The lowest BCUT2D eigenvalue weighted by molar-refractivity contribution is -0.132. The Morgan fingerprint density at radius 3 is 2.62 bits per heavy atom. The maximum Gasteiger partial charge on any atom is 0.251 e. The van der Waals surface area contributed by atoms with Gasteiger partial charge in [-0.15, -0.1) is 0 Å². The minimum Gasteiger partial charge on any atom is -0.390 e. The highest BCUT2D eigenvalue weighted by atomic mass is 16.3. The zero-order valence-corrected chi connectivity index (χ0v) is 20.1. The normalized spacial score (nSPS) is 22.2. The topological polar surface area (TPSA) is 106 Å². The van der Waals surface area contributed by atoms with Gasteiger partial charge in [-0.1, -0.05) is 57.2 Å². The first-order valence-corrected chi connectivity index (χ1v) is 12.2. The smallest absolute Gasteiger partial charge is 0.251 e. The van der Waals surface area contributed by atoms with Gasteiger partial charge in [0.15, 0.2) is 5.96 Å². The quantitative estimate of drug-likeness (QED) is 0.502. The molecule has 3 atom stereocenters. The second-order valence-corrected chi connectivity index (χ2v) is 9.37. The largest absolute Gasteiger partial charge is 0.390 e. The van der Waals surface area contributed by atoms with Crippen molar-refractivity contribution in [3.8, 4) is 0 Å². The van der Waals surface area contributed by atoms with E-state index in [1.54, 1.807) is 18.2 Å². The summed E-state index contributed by atoms with van der Waals surface area (Å²) < 4.78 is 0. The van der Waals surface area contributed by atoms with E-state index in [9.17, 15) is 14.7 Å². The first-order valence-electron chi connectivity index (χ1n) is 12.2. The van der Waals surface area contributed by atoms with Crippen molar-refractivity contribution in [1.82, 2.24) is 15.5 Å². The molecule has 2 aromatic carbocycles. The Labute approximate surface area is 201 Å². The molecule has 1 saturated heterocycles. The number of carbonyl (C=O) groups excluding carboxylic acids is 2. The van der Waals surface area contributed by atoms with Crippen LogP contribution in [0.2, 0.25) is 0 Å². The maximum absolute atomic E-state index is 13.2. The predicted octanol–water partition coefficient (Wildman–Crippen LogP) is 3.84. The molecule has 4 N–H and O–H groups in total. The molecule has 1 unspecified atom stereocenters. The summed E-state index contributed by atoms with van der Waals surface area (Å²) in [5, 5.41) is 25.4. The highest BCUT2D eigenvalue weighted by Crippen LogP contribution is 2.34. The minimum atomic E-state index is -0.664. The third kappa shape index (κ3) is 4.32. The summed E-state index contributed by atoms with van der Waals surface area (Å²) in [5.74, 6) is -0.223. The molecule has 34 heavy (non-hydrogen) atoms. The molecule has 0 spiro atoms. The molecule has 2 amide bonds. The molecule has 0 bridgehead atoms. The molecule has 0 radical (unpaired) electrons. The SMILES string of the molecule is CCC(c1cccc(C(=O)N[C@@H]2c3ccccc3C[C@H]2O)c1)N1C(=N)NC(CC)(CC)CC1=O. The minimum absolute atomic E-state index is 0.0696. The van der Waals surface area contributed by atoms with Gasteiger partial charge in [0.2, 0.25) is 5.91 Å². The number of nitrogens with one attached hydrogen (secondary N) is 3. The van der Waals surface area contributed by atoms with E-state index in [1.165, 1.54) is 4.90 Å². The Kier molecular flexibility index (Phi) is 6.75. The fourth-order valence-corrected chi connectivity index (χ4v) is 5.29. The van der Waals surface area contributed by atoms with E-state index in [4.69, 9.17) is 5.41 Å². The maximum atomic E-state index is 13.2. The Morgan fingerprint density at radius 2 is 1.94 bits per heavy atom. The summed E-state index contributed by atoms with van der Waals surface area (Å²) in [4.78, 5) is 27.8. The van der Waals surface area contributed by atoms with E-state index < -0.39 is 12.1 Å². The predicted molar refractivity (Wildman–Crippen MR) is 131 cm³/mol. The van der Waals surface area contributed by atoms with Crippen molar-refractivity contribution in [2.75, 3.05) is 0 Å². The Hall–Kier alpha value is -3.19. The van der Waals surface area contributed by atoms with Crippen molar-refractivity contribution < 1.29 is 14.7 Å². The van der Waals surface area contributed by atoms with Gasteiger partial charge in [-0.05, 0) is 48.1 Å². The number of hydrogen-bond acceptors (Lipinski definition) is 4. The first-order chi connectivity index (χ1) is 16.3. The Bertz CT molecular complexity index is 1070. The molecule has 7 heteroatoms. The summed E-state index contributed by atoms with van der Waals surface area (Å²) >= 11 is 0. The van der Waals surface area contributed by atoms with E-state index >= 15 is 0 Å². The van der Waals surface area contributed by atoms with Gasteiger partial charge in [0.05, 0.1) is 24.6 Å². The molecule has 2 aliphatic rings. The van der Waals surface area contributed by atoms with Crippen LogP contribution in [-0.2, 0) is 11.2 Å². The third-order valence-electron chi connectivity index (χ3n) is 7.46. The zero-order chi connectivity index (χ0) is 24.5. The van der Waals surface area contributed by atoms with E-state index in [-0.39, 0.29) is 29.4 Å². The monoisotopic (exact) mass is 462 g/mol. The summed E-state index contributed by atoms with van der Waals surface area (Å²) in [6.07, 6.45) is 2.35. The van der Waals surface area contributed by atoms with Gasteiger partial charge in [0, 0.05) is 17.5 Å². The average Bonchev–Trinajstić information content (AvgIpc) is 3.16. The summed E-state index contributed by atoms with van der Waals surface area (Å²) in [6, 6.07) is 14.2. The van der Waals surface area contributed by atoms with Gasteiger partial charge in [0.1, 0.15) is 0 Å². The first kappa shape index (κ1) is 24.0. The molecule has 1 fully saturated rings. The molecule has 180 valence electrons. The standard InChI is InChI=1S/C27H34N4O3/c1-4-21(31-23(33)16-27(5-2,6-3)30-26(31)28)18-11-9-12-19(14-18)25(34)29-24-20-13-8-7-10-17(20)15-22(24)32/h7-14,21-22,24,32H,4-6,15-16H2,1-3H3,(H2,28,30)(H,29,34)/t21?,22-,24-/m1/s1. The fraction of sp³-hybridized carbons (Fsp3) is 0.444. The highest BCUT2D eigenvalue weighted by Gasteiger charge is 2.41. The van der Waals surface area contributed by atoms with Gasteiger partial charge in [-0.3, -0.25) is 19.9 Å². The zero-order valence-electron chi connectivity index (χ0n) is 20.1. The van der Waals surface area contributed by atoms with Crippen LogP contribution >= 0.6 is 0 Å². The van der Waals surface area contributed by atoms with Crippen LogP contribution in [0.25, 0.3) is 0 Å². The number of rotatable bonds is 7. The second kappa shape index (κ2) is 9.58. The molecule has 2 aromatic rings. The number of aliphatic hydroxyl groups is 1. The van der Waals surface area contributed by atoms with Crippen LogP contribution in [0, 0.1) is 5.41 Å². The van der Waals surface area contributed by atoms with Crippen LogP contribution in [0.1, 0.15) is 85.6 Å². The lowest BCUT2D eigenvalue weighted by atomic mass is 9.86. The van der Waals surface area contributed by atoms with Crippen LogP contribution in [0.3, 0.4) is 0 Å². The van der Waals surface area contributed by atoms with Crippen LogP contribution in [0.5, 0.6) is 0 Å². The average molecular weight is 463 g/mol. The van der Waals surface area contributed by atoms with E-state index in [1.807, 2.05) is 51.1 Å². The molecule has 1 aliphatic carbocycles. The van der Waals surface area contributed by atoms with Crippen molar-refractivity contribution in [2.24, 2.45) is 0 Å². The molecule has 1 heterocycles. The number of fused-ring (bicyclic) bond motifs is 1. The summed E-state index contributed by atoms with van der Waals surface area (Å²) in [5.41, 5.74) is 2.89. The lowest BCUT2D eigenvalue weighted by Gasteiger charge is -2.44. The van der Waals surface area contributed by atoms with Gasteiger partial charge in [-0.25, -0.2) is 0 Å². The second-order valence-electron chi connectivity index (χ2n) is 9.37. The van der Waals surface area contributed by atoms with Crippen molar-refractivity contribution >= 4 is 17.8 Å². The lowest BCUT2D eigenvalue weighted by Crippen LogP contribution is -2.62. The van der Waals surface area contributed by atoms with Crippen molar-refractivity contribution in [3.63, 3.8) is 0 Å². The molecular weight excluding hydrogens is 428 g/mol. The van der Waals surface area contributed by atoms with Crippen molar-refractivity contribution in [2.45, 2.75) is 76.6 Å². The Morgan fingerprint density at radius 1 is 1.21 bits per heavy atom. The molecule has 4 rings (SSSR count). The van der Waals surface area contributed by atoms with E-state index in [0.717, 1.165) is 29.5 Å². The number of aliphatic hydroxyl groups excluding tert-OH is 1. The van der Waals surface area contributed by atoms with Gasteiger partial charge >= 0.3 is 0 Å². The molecule has 7 nitrogen and oxygen atoms in total. The number of benzene rings is 2. The van der Waals surface area contributed by atoms with Gasteiger partial charge < -0.3 is 15.7 Å². The number of guanidine groups is 1. The number of amides is 2. The van der Waals surface area contributed by atoms with E-state index in [2.05, 4.69) is 10.6 Å². The van der Waals surface area contributed by atoms with Crippen molar-refractivity contribution in [3.05, 3.63) is 70.8 Å². The van der Waals surface area contributed by atoms with Gasteiger partial charge in [0.25, 0.3) is 5.91 Å². The highest BCUT2D eigenvalue weighted by molar-refractivity contribution is 6.00. The summed E-state index contributed by atoms with van der Waals surface area (Å²) in [7, 11) is 0. The van der Waals surface area contributed by atoms with Crippen LogP contribution in [0.4, 0.5) is 0 Å². The number of nitrogens with zero attached hydrogens (tertiary/aromatic N) is 1. The van der Waals surface area contributed by atoms with Crippen LogP contribution in [-0.4, -0.2) is 39.4 Å². The summed E-state index contributed by atoms with van der Waals surface area (Å²) in [6.45, 7) is 6.04. The van der Waals surface area contributed by atoms with E-state index in [0.29, 0.717) is 24.8 Å². The number of carbonyl (C=O) groups is 2. The number of hydrogen-bond donors (Lipinski definition) is 4. The Balaban J connectivity index is 1.55. The molecule has 0 aromatic heterocycles. The van der Waals surface area contributed by atoms with Crippen LogP contribution < -0.4 is 10.6 Å².